The van der Waals surface area contributed by atoms with E-state index >= 15 is 0 Å². The van der Waals surface area contributed by atoms with Crippen molar-refractivity contribution in [3.8, 4) is 11.3 Å². The van der Waals surface area contributed by atoms with Gasteiger partial charge in [0.05, 0.1) is 36.1 Å². The minimum atomic E-state index is -0.398. The quantitative estimate of drug-likeness (QED) is 0.714. The average Bonchev–Trinajstić information content (AvgIpc) is 3.11. The predicted octanol–water partition coefficient (Wildman–Crippen LogP) is 2.40. The molecule has 1 saturated heterocycles. The van der Waals surface area contributed by atoms with Gasteiger partial charge < -0.3 is 14.9 Å². The number of carbonyl (C=O) groups is 1. The Kier molecular flexibility index (Phi) is 5.78. The van der Waals surface area contributed by atoms with Crippen molar-refractivity contribution >= 4 is 16.8 Å². The van der Waals surface area contributed by atoms with E-state index in [2.05, 4.69) is 22.0 Å². The van der Waals surface area contributed by atoms with Crippen molar-refractivity contribution in [2.75, 3.05) is 33.3 Å². The van der Waals surface area contributed by atoms with Crippen LogP contribution >= 0.6 is 0 Å². The molecule has 0 spiro atoms. The molecule has 0 radical (unpaired) electrons. The van der Waals surface area contributed by atoms with Gasteiger partial charge in [0, 0.05) is 36.3 Å². The Labute approximate surface area is 174 Å². The summed E-state index contributed by atoms with van der Waals surface area (Å²) >= 11 is 0. The zero-order valence-electron chi connectivity index (χ0n) is 17.3. The van der Waals surface area contributed by atoms with Crippen molar-refractivity contribution < 1.29 is 14.3 Å². The van der Waals surface area contributed by atoms with E-state index < -0.39 is 5.82 Å². The number of likely N-dealkylation sites (N-methyl/N-ethyl adjacent to an activating group) is 1. The number of halogens is 1. The molecule has 2 aromatic heterocycles. The molecule has 0 saturated carbocycles. The molecule has 3 aromatic rings. The number of rotatable bonds is 4. The third kappa shape index (κ3) is 4.06. The van der Waals surface area contributed by atoms with E-state index in [4.69, 9.17) is 5.11 Å². The van der Waals surface area contributed by atoms with Crippen LogP contribution < -0.4 is 0 Å². The van der Waals surface area contributed by atoms with Crippen LogP contribution in [-0.2, 0) is 6.54 Å². The van der Waals surface area contributed by atoms with E-state index in [1.54, 1.807) is 29.2 Å². The lowest BCUT2D eigenvalue weighted by molar-refractivity contribution is 0.0698. The topological polar surface area (TPSA) is 74.5 Å². The number of amides is 1. The summed E-state index contributed by atoms with van der Waals surface area (Å²) in [4.78, 5) is 22.3. The molecule has 0 bridgehead atoms. The smallest absolute Gasteiger partial charge is 0.254 e. The fraction of sp³-hybridized carbons (Fsp3) is 0.409. The second kappa shape index (κ2) is 8.49. The third-order valence-electron chi connectivity index (χ3n) is 5.57. The Morgan fingerprint density at radius 3 is 2.93 bits per heavy atom. The number of benzene rings is 1. The van der Waals surface area contributed by atoms with Gasteiger partial charge >= 0.3 is 0 Å². The summed E-state index contributed by atoms with van der Waals surface area (Å²) in [6.45, 7) is 4.80. The summed E-state index contributed by atoms with van der Waals surface area (Å²) in [7, 11) is 2.06. The van der Waals surface area contributed by atoms with Gasteiger partial charge in [0.25, 0.3) is 5.91 Å². The molecule has 8 heteroatoms. The predicted molar refractivity (Wildman–Crippen MR) is 113 cm³/mol. The minimum absolute atomic E-state index is 0.0173. The molecule has 1 aliphatic heterocycles. The molecule has 1 aliphatic rings. The normalized spacial score (nSPS) is 18.0. The molecule has 1 fully saturated rings. The van der Waals surface area contributed by atoms with Gasteiger partial charge in [0.2, 0.25) is 0 Å². The molecule has 1 atom stereocenters. The van der Waals surface area contributed by atoms with Crippen molar-refractivity contribution in [1.29, 1.82) is 0 Å². The number of fused-ring (bicyclic) bond motifs is 1. The summed E-state index contributed by atoms with van der Waals surface area (Å²) in [5.74, 6) is -0.509. The second-order valence-corrected chi connectivity index (χ2v) is 7.90. The molecular weight excluding hydrogens is 385 g/mol. The maximum atomic E-state index is 14.0. The Morgan fingerprint density at radius 2 is 2.13 bits per heavy atom. The SMILES string of the molecule is C[C@@H]1CN(C)CCCN1C(=O)c1cc(-c2cnn(CCO)c2)nc2ccc(F)cc12. The van der Waals surface area contributed by atoms with E-state index in [1.807, 2.05) is 11.8 Å². The highest BCUT2D eigenvalue weighted by Gasteiger charge is 2.27. The van der Waals surface area contributed by atoms with Gasteiger partial charge in [-0.3, -0.25) is 9.48 Å². The number of hydrogen-bond acceptors (Lipinski definition) is 5. The maximum absolute atomic E-state index is 14.0. The van der Waals surface area contributed by atoms with Crippen molar-refractivity contribution in [3.05, 3.63) is 48.0 Å². The first-order chi connectivity index (χ1) is 14.5. The summed E-state index contributed by atoms with van der Waals surface area (Å²) in [5.41, 5.74) is 2.35. The molecule has 3 heterocycles. The molecule has 0 aliphatic carbocycles. The molecule has 1 N–H and O–H groups in total. The van der Waals surface area contributed by atoms with Crippen LogP contribution in [0.2, 0.25) is 0 Å². The number of aliphatic hydroxyl groups is 1. The summed E-state index contributed by atoms with van der Waals surface area (Å²) in [6.07, 6.45) is 4.33. The van der Waals surface area contributed by atoms with E-state index in [9.17, 15) is 9.18 Å². The van der Waals surface area contributed by atoms with Crippen LogP contribution in [0.5, 0.6) is 0 Å². The molecule has 1 amide bonds. The molecule has 30 heavy (non-hydrogen) atoms. The number of carbonyl (C=O) groups excluding carboxylic acids is 1. The van der Waals surface area contributed by atoms with Gasteiger partial charge in [-0.25, -0.2) is 9.37 Å². The zero-order valence-corrected chi connectivity index (χ0v) is 17.3. The number of hydrogen-bond donors (Lipinski definition) is 1. The van der Waals surface area contributed by atoms with Crippen LogP contribution in [0.15, 0.2) is 36.7 Å². The number of nitrogens with zero attached hydrogens (tertiary/aromatic N) is 5. The number of aromatic nitrogens is 3. The Balaban J connectivity index is 1.80. The first-order valence-corrected chi connectivity index (χ1v) is 10.2. The van der Waals surface area contributed by atoms with Crippen molar-refractivity contribution in [2.24, 2.45) is 0 Å². The van der Waals surface area contributed by atoms with Crippen molar-refractivity contribution in [2.45, 2.75) is 25.9 Å². The molecule has 7 nitrogen and oxygen atoms in total. The molecular formula is C22H26FN5O2. The number of pyridine rings is 1. The molecule has 158 valence electrons. The van der Waals surface area contributed by atoms with Crippen LogP contribution in [0.25, 0.3) is 22.2 Å². The fourth-order valence-corrected chi connectivity index (χ4v) is 4.07. The van der Waals surface area contributed by atoms with Gasteiger partial charge in [0.15, 0.2) is 0 Å². The molecule has 0 unspecified atom stereocenters. The Bertz CT molecular complexity index is 1070. The summed E-state index contributed by atoms with van der Waals surface area (Å²) in [6, 6.07) is 6.11. The first kappa shape index (κ1) is 20.4. The van der Waals surface area contributed by atoms with Crippen LogP contribution in [0.3, 0.4) is 0 Å². The highest BCUT2D eigenvalue weighted by Crippen LogP contribution is 2.27. The monoisotopic (exact) mass is 411 g/mol. The van der Waals surface area contributed by atoms with E-state index in [-0.39, 0.29) is 18.6 Å². The standard InChI is InChI=1S/C22H26FN5O2/c1-15-13-26(2)6-3-7-28(15)22(30)19-11-21(16-12-24-27(14-16)8-9-29)25-20-5-4-17(23)10-18(19)20/h4-5,10-12,14-15,29H,3,6-9,13H2,1-2H3/t15-/m1/s1. The van der Waals surface area contributed by atoms with Crippen molar-refractivity contribution in [3.63, 3.8) is 0 Å². The van der Waals surface area contributed by atoms with Crippen molar-refractivity contribution in [1.82, 2.24) is 24.6 Å². The second-order valence-electron chi connectivity index (χ2n) is 7.90. The Hall–Kier alpha value is -2.84. The van der Waals surface area contributed by atoms with Crippen LogP contribution in [0.4, 0.5) is 4.39 Å². The Morgan fingerprint density at radius 1 is 1.30 bits per heavy atom. The van der Waals surface area contributed by atoms with Crippen LogP contribution in [0, 0.1) is 5.82 Å². The largest absolute Gasteiger partial charge is 0.394 e. The lowest BCUT2D eigenvalue weighted by atomic mass is 10.0. The minimum Gasteiger partial charge on any atom is -0.394 e. The maximum Gasteiger partial charge on any atom is 0.254 e. The van der Waals surface area contributed by atoms with Gasteiger partial charge in [0.1, 0.15) is 5.82 Å². The highest BCUT2D eigenvalue weighted by atomic mass is 19.1. The van der Waals surface area contributed by atoms with Crippen LogP contribution in [0.1, 0.15) is 23.7 Å². The molecule has 1 aromatic carbocycles. The van der Waals surface area contributed by atoms with Gasteiger partial charge in [-0.05, 0) is 51.2 Å². The highest BCUT2D eigenvalue weighted by molar-refractivity contribution is 6.07. The average molecular weight is 411 g/mol. The lowest BCUT2D eigenvalue weighted by Crippen LogP contribution is -2.42. The zero-order chi connectivity index (χ0) is 21.3. The van der Waals surface area contributed by atoms with Crippen LogP contribution in [-0.4, -0.2) is 74.9 Å². The van der Waals surface area contributed by atoms with E-state index in [0.29, 0.717) is 35.2 Å². The van der Waals surface area contributed by atoms with Gasteiger partial charge in [-0.1, -0.05) is 0 Å². The van der Waals surface area contributed by atoms with Gasteiger partial charge in [-0.2, -0.15) is 5.10 Å². The third-order valence-corrected chi connectivity index (χ3v) is 5.57. The van der Waals surface area contributed by atoms with Gasteiger partial charge in [-0.15, -0.1) is 0 Å². The first-order valence-electron chi connectivity index (χ1n) is 10.2. The number of aliphatic hydroxyl groups excluding tert-OH is 1. The van der Waals surface area contributed by atoms with E-state index in [0.717, 1.165) is 25.1 Å². The summed E-state index contributed by atoms with van der Waals surface area (Å²) in [5, 5.41) is 13.9. The van der Waals surface area contributed by atoms with E-state index in [1.165, 1.54) is 12.1 Å². The summed E-state index contributed by atoms with van der Waals surface area (Å²) < 4.78 is 15.7. The molecule has 4 rings (SSSR count). The lowest BCUT2D eigenvalue weighted by Gasteiger charge is -2.28. The fourth-order valence-electron chi connectivity index (χ4n) is 4.07.